The molecule has 0 radical (unpaired) electrons. The summed E-state index contributed by atoms with van der Waals surface area (Å²) >= 11 is 1.15. The second-order valence-electron chi connectivity index (χ2n) is 5.10. The number of nitrogens with zero attached hydrogens (tertiary/aromatic N) is 2. The first-order chi connectivity index (χ1) is 8.88. The van der Waals surface area contributed by atoms with Gasteiger partial charge < -0.3 is 5.32 Å². The number of halogens is 1. The molecule has 0 aliphatic heterocycles. The van der Waals surface area contributed by atoms with Gasteiger partial charge in [-0.3, -0.25) is 4.79 Å². The molecule has 0 aliphatic rings. The molecule has 4 nitrogen and oxygen atoms in total. The molecule has 1 aromatic heterocycles. The normalized spacial score (nSPS) is 11.4. The van der Waals surface area contributed by atoms with E-state index >= 15 is 0 Å². The van der Waals surface area contributed by atoms with Crippen LogP contribution in [0.25, 0.3) is 10.6 Å². The summed E-state index contributed by atoms with van der Waals surface area (Å²) in [5, 5.41) is 11.2. The first kappa shape index (κ1) is 13.6. The van der Waals surface area contributed by atoms with Gasteiger partial charge in [-0.25, -0.2) is 4.39 Å². The van der Waals surface area contributed by atoms with Crippen molar-refractivity contribution in [1.29, 1.82) is 0 Å². The van der Waals surface area contributed by atoms with Crippen LogP contribution in [0.2, 0.25) is 0 Å². The lowest BCUT2D eigenvalue weighted by molar-refractivity contribution is -0.123. The molecule has 2 rings (SSSR count). The standard InChI is InChI=1S/C13H14FN3OS/c1-13(2,3)11(18)15-12-17-16-10(19-12)8-6-4-5-7-9(8)14/h4-7H,1-3H3,(H,15,17,18). The van der Waals surface area contributed by atoms with Gasteiger partial charge in [-0.15, -0.1) is 10.2 Å². The van der Waals surface area contributed by atoms with Crippen molar-refractivity contribution in [2.45, 2.75) is 20.8 Å². The topological polar surface area (TPSA) is 54.9 Å². The van der Waals surface area contributed by atoms with Gasteiger partial charge in [-0.05, 0) is 12.1 Å². The summed E-state index contributed by atoms with van der Waals surface area (Å²) in [7, 11) is 0. The summed E-state index contributed by atoms with van der Waals surface area (Å²) in [6, 6.07) is 6.34. The third-order valence-corrected chi connectivity index (χ3v) is 3.30. The predicted molar refractivity (Wildman–Crippen MR) is 73.4 cm³/mol. The third-order valence-electron chi connectivity index (χ3n) is 2.43. The molecule has 100 valence electrons. The molecule has 0 saturated heterocycles. The zero-order chi connectivity index (χ0) is 14.0. The van der Waals surface area contributed by atoms with Crippen molar-refractivity contribution < 1.29 is 9.18 Å². The van der Waals surface area contributed by atoms with Crippen molar-refractivity contribution in [3.05, 3.63) is 30.1 Å². The minimum atomic E-state index is -0.510. The molecule has 0 fully saturated rings. The Kier molecular flexibility index (Phi) is 3.61. The highest BCUT2D eigenvalue weighted by Crippen LogP contribution is 2.29. The smallest absolute Gasteiger partial charge is 0.231 e. The van der Waals surface area contributed by atoms with Crippen LogP contribution in [-0.2, 0) is 4.79 Å². The van der Waals surface area contributed by atoms with E-state index in [2.05, 4.69) is 15.5 Å². The van der Waals surface area contributed by atoms with Crippen molar-refractivity contribution in [3.8, 4) is 10.6 Å². The van der Waals surface area contributed by atoms with Gasteiger partial charge in [0.1, 0.15) is 5.82 Å². The SMILES string of the molecule is CC(C)(C)C(=O)Nc1nnc(-c2ccccc2F)s1. The Hall–Kier alpha value is -1.82. The molecule has 1 N–H and O–H groups in total. The number of rotatable bonds is 2. The van der Waals surface area contributed by atoms with E-state index in [-0.39, 0.29) is 11.7 Å². The Morgan fingerprint density at radius 1 is 1.26 bits per heavy atom. The van der Waals surface area contributed by atoms with Gasteiger partial charge in [0.25, 0.3) is 0 Å². The zero-order valence-corrected chi connectivity index (χ0v) is 11.7. The van der Waals surface area contributed by atoms with Gasteiger partial charge >= 0.3 is 0 Å². The molecule has 2 aromatic rings. The van der Waals surface area contributed by atoms with Gasteiger partial charge in [0.2, 0.25) is 11.0 Å². The van der Waals surface area contributed by atoms with Crippen LogP contribution in [0.4, 0.5) is 9.52 Å². The van der Waals surface area contributed by atoms with Crippen LogP contribution in [0.3, 0.4) is 0 Å². The average Bonchev–Trinajstić information content (AvgIpc) is 2.76. The van der Waals surface area contributed by atoms with E-state index in [1.807, 2.05) is 0 Å². The first-order valence-corrected chi connectivity index (χ1v) is 6.59. The monoisotopic (exact) mass is 279 g/mol. The van der Waals surface area contributed by atoms with Gasteiger partial charge in [0.15, 0.2) is 5.01 Å². The number of hydrogen-bond acceptors (Lipinski definition) is 4. The molecule has 19 heavy (non-hydrogen) atoms. The van der Waals surface area contributed by atoms with Crippen LogP contribution in [0.1, 0.15) is 20.8 Å². The largest absolute Gasteiger partial charge is 0.300 e. The van der Waals surface area contributed by atoms with Crippen molar-refractivity contribution in [2.24, 2.45) is 5.41 Å². The molecule has 0 spiro atoms. The zero-order valence-electron chi connectivity index (χ0n) is 10.9. The molecule has 0 atom stereocenters. The number of anilines is 1. The summed E-state index contributed by atoms with van der Waals surface area (Å²) in [6.45, 7) is 5.42. The van der Waals surface area contributed by atoms with E-state index in [0.29, 0.717) is 15.7 Å². The quantitative estimate of drug-likeness (QED) is 0.917. The summed E-state index contributed by atoms with van der Waals surface area (Å²) in [4.78, 5) is 11.8. The van der Waals surface area contributed by atoms with Crippen LogP contribution in [0, 0.1) is 11.2 Å². The van der Waals surface area contributed by atoms with Crippen molar-refractivity contribution in [1.82, 2.24) is 10.2 Å². The second-order valence-corrected chi connectivity index (χ2v) is 6.07. The van der Waals surface area contributed by atoms with Gasteiger partial charge in [-0.2, -0.15) is 0 Å². The van der Waals surface area contributed by atoms with Crippen LogP contribution < -0.4 is 5.32 Å². The molecule has 1 aromatic carbocycles. The molecule has 6 heteroatoms. The highest BCUT2D eigenvalue weighted by Gasteiger charge is 2.22. The number of benzene rings is 1. The Labute approximate surface area is 114 Å². The third kappa shape index (κ3) is 3.14. The number of amides is 1. The molecule has 1 heterocycles. The average molecular weight is 279 g/mol. The molecule has 0 bridgehead atoms. The van der Waals surface area contributed by atoms with Crippen LogP contribution in [-0.4, -0.2) is 16.1 Å². The predicted octanol–water partition coefficient (Wildman–Crippen LogP) is 3.33. The van der Waals surface area contributed by atoms with Crippen molar-refractivity contribution in [2.75, 3.05) is 5.32 Å². The second kappa shape index (κ2) is 5.05. The number of hydrogen-bond donors (Lipinski definition) is 1. The number of carbonyl (C=O) groups is 1. The lowest BCUT2D eigenvalue weighted by atomic mass is 9.96. The van der Waals surface area contributed by atoms with E-state index in [1.54, 1.807) is 39.0 Å². The highest BCUT2D eigenvalue weighted by molar-refractivity contribution is 7.18. The van der Waals surface area contributed by atoms with E-state index in [0.717, 1.165) is 11.3 Å². The fourth-order valence-corrected chi connectivity index (χ4v) is 2.07. The first-order valence-electron chi connectivity index (χ1n) is 5.78. The van der Waals surface area contributed by atoms with E-state index in [4.69, 9.17) is 0 Å². The molecule has 0 aliphatic carbocycles. The van der Waals surface area contributed by atoms with E-state index < -0.39 is 5.41 Å². The maximum Gasteiger partial charge on any atom is 0.231 e. The lowest BCUT2D eigenvalue weighted by Gasteiger charge is -2.15. The molecular weight excluding hydrogens is 265 g/mol. The van der Waals surface area contributed by atoms with E-state index in [1.165, 1.54) is 6.07 Å². The van der Waals surface area contributed by atoms with Crippen LogP contribution in [0.15, 0.2) is 24.3 Å². The lowest BCUT2D eigenvalue weighted by Crippen LogP contribution is -2.27. The molecular formula is C13H14FN3OS. The Morgan fingerprint density at radius 3 is 2.58 bits per heavy atom. The van der Waals surface area contributed by atoms with Gasteiger partial charge in [0, 0.05) is 11.0 Å². The fourth-order valence-electron chi connectivity index (χ4n) is 1.30. The summed E-state index contributed by atoms with van der Waals surface area (Å²) in [5.74, 6) is -0.504. The highest BCUT2D eigenvalue weighted by atomic mass is 32.1. The summed E-state index contributed by atoms with van der Waals surface area (Å²) < 4.78 is 13.6. The number of nitrogens with one attached hydrogen (secondary N) is 1. The van der Waals surface area contributed by atoms with Crippen LogP contribution in [0.5, 0.6) is 0 Å². The van der Waals surface area contributed by atoms with Gasteiger partial charge in [0.05, 0.1) is 0 Å². The van der Waals surface area contributed by atoms with Crippen molar-refractivity contribution >= 4 is 22.4 Å². The van der Waals surface area contributed by atoms with E-state index in [9.17, 15) is 9.18 Å². The molecule has 1 amide bonds. The number of aromatic nitrogens is 2. The molecule has 0 saturated carbocycles. The summed E-state index contributed by atoms with van der Waals surface area (Å²) in [5.41, 5.74) is -0.125. The maximum absolute atomic E-state index is 13.6. The Bertz CT molecular complexity index is 604. The minimum absolute atomic E-state index is 0.149. The minimum Gasteiger partial charge on any atom is -0.300 e. The number of carbonyl (C=O) groups excluding carboxylic acids is 1. The van der Waals surface area contributed by atoms with Gasteiger partial charge in [-0.1, -0.05) is 44.2 Å². The maximum atomic E-state index is 13.6. The molecule has 0 unspecified atom stereocenters. The van der Waals surface area contributed by atoms with Crippen LogP contribution >= 0.6 is 11.3 Å². The summed E-state index contributed by atoms with van der Waals surface area (Å²) in [6.07, 6.45) is 0. The fraction of sp³-hybridized carbons (Fsp3) is 0.308. The Balaban J connectivity index is 2.21. The van der Waals surface area contributed by atoms with Crippen molar-refractivity contribution in [3.63, 3.8) is 0 Å². The Morgan fingerprint density at radius 2 is 1.95 bits per heavy atom.